The van der Waals surface area contributed by atoms with Crippen LogP contribution in [0, 0.1) is 12.8 Å². The van der Waals surface area contributed by atoms with E-state index in [9.17, 15) is 14.7 Å². The minimum absolute atomic E-state index is 0.335. The van der Waals surface area contributed by atoms with Crippen molar-refractivity contribution in [3.05, 3.63) is 59.2 Å². The van der Waals surface area contributed by atoms with E-state index in [1.807, 2.05) is 49.6 Å². The first-order valence-corrected chi connectivity index (χ1v) is 15.8. The standard InChI is InChI=1S/C32H46N2O3S/c1-24-11-6-7-16-27(24)29-23-26(15-10-21-33-20-9-8-14-25-12-4-3-5-13-25)17-18-28(29)31(35)34-30(32(36)37)19-22-38-2/h6-7,11,16-18,23,25,30,33H,3-5,8-10,12-15,19-22H2,1-2H3,(H,34,35)(H,36,37)/t30-/m0/s1. The Morgan fingerprint density at radius 1 is 1.00 bits per heavy atom. The fourth-order valence-corrected chi connectivity index (χ4v) is 5.94. The van der Waals surface area contributed by atoms with Gasteiger partial charge in [-0.2, -0.15) is 11.8 Å². The summed E-state index contributed by atoms with van der Waals surface area (Å²) in [5, 5.41) is 15.9. The summed E-state index contributed by atoms with van der Waals surface area (Å²) in [6, 6.07) is 13.1. The molecule has 3 N–H and O–H groups in total. The Labute approximate surface area is 233 Å². The molecule has 3 rings (SSSR count). The van der Waals surface area contributed by atoms with E-state index in [0.29, 0.717) is 17.7 Å². The number of carboxylic acids is 1. The van der Waals surface area contributed by atoms with Crippen molar-refractivity contribution in [3.8, 4) is 11.1 Å². The van der Waals surface area contributed by atoms with Gasteiger partial charge in [0.15, 0.2) is 0 Å². The lowest BCUT2D eigenvalue weighted by atomic mass is 9.86. The number of hydrogen-bond acceptors (Lipinski definition) is 4. The van der Waals surface area contributed by atoms with Crippen molar-refractivity contribution in [1.29, 1.82) is 0 Å². The quantitative estimate of drug-likeness (QED) is 0.203. The molecule has 0 spiro atoms. The highest BCUT2D eigenvalue weighted by atomic mass is 32.2. The highest BCUT2D eigenvalue weighted by Crippen LogP contribution is 2.29. The van der Waals surface area contributed by atoms with Crippen LogP contribution in [0.15, 0.2) is 42.5 Å². The minimum Gasteiger partial charge on any atom is -0.480 e. The van der Waals surface area contributed by atoms with Gasteiger partial charge < -0.3 is 15.7 Å². The molecule has 1 amide bonds. The number of benzene rings is 2. The number of carbonyl (C=O) groups is 2. The third-order valence-corrected chi connectivity index (χ3v) is 8.38. The van der Waals surface area contributed by atoms with Gasteiger partial charge in [-0.15, -0.1) is 0 Å². The number of rotatable bonds is 16. The van der Waals surface area contributed by atoms with Gasteiger partial charge in [-0.3, -0.25) is 4.79 Å². The van der Waals surface area contributed by atoms with Crippen LogP contribution in [0.2, 0.25) is 0 Å². The van der Waals surface area contributed by atoms with Gasteiger partial charge >= 0.3 is 5.97 Å². The molecule has 0 bridgehead atoms. The van der Waals surface area contributed by atoms with E-state index in [4.69, 9.17) is 0 Å². The first-order chi connectivity index (χ1) is 18.5. The number of aliphatic carboxylic acids is 1. The highest BCUT2D eigenvalue weighted by molar-refractivity contribution is 7.98. The van der Waals surface area contributed by atoms with Crippen LogP contribution < -0.4 is 10.6 Å². The molecule has 1 aliphatic rings. The predicted octanol–water partition coefficient (Wildman–Crippen LogP) is 6.87. The number of unbranched alkanes of at least 4 members (excludes halogenated alkanes) is 1. The SMILES string of the molecule is CSCC[C@H](NC(=O)c1ccc(CCCNCCCCC2CCCCC2)cc1-c1ccccc1C)C(=O)O. The third kappa shape index (κ3) is 9.77. The zero-order chi connectivity index (χ0) is 27.2. The van der Waals surface area contributed by atoms with Gasteiger partial charge in [0.2, 0.25) is 0 Å². The summed E-state index contributed by atoms with van der Waals surface area (Å²) >= 11 is 1.57. The predicted molar refractivity (Wildman–Crippen MR) is 160 cm³/mol. The summed E-state index contributed by atoms with van der Waals surface area (Å²) in [4.78, 5) is 24.9. The van der Waals surface area contributed by atoms with Gasteiger partial charge in [-0.1, -0.05) is 81.3 Å². The molecule has 2 aromatic carbocycles. The van der Waals surface area contributed by atoms with Gasteiger partial charge in [0.05, 0.1) is 0 Å². The molecule has 1 aliphatic carbocycles. The molecule has 0 aromatic heterocycles. The number of nitrogens with one attached hydrogen (secondary N) is 2. The van der Waals surface area contributed by atoms with Gasteiger partial charge in [-0.25, -0.2) is 4.79 Å². The van der Waals surface area contributed by atoms with Gasteiger partial charge in [0.1, 0.15) is 6.04 Å². The molecule has 1 atom stereocenters. The summed E-state index contributed by atoms with van der Waals surface area (Å²) in [5.41, 5.74) is 4.67. The molecule has 0 radical (unpaired) electrons. The lowest BCUT2D eigenvalue weighted by Crippen LogP contribution is -2.41. The molecule has 0 unspecified atom stereocenters. The number of carboxylic acid groups (broad SMARTS) is 1. The molecule has 0 saturated heterocycles. The maximum atomic E-state index is 13.2. The lowest BCUT2D eigenvalue weighted by molar-refractivity contribution is -0.139. The van der Waals surface area contributed by atoms with Crippen molar-refractivity contribution in [3.63, 3.8) is 0 Å². The van der Waals surface area contributed by atoms with Crippen molar-refractivity contribution in [2.24, 2.45) is 5.92 Å². The number of hydrogen-bond donors (Lipinski definition) is 3. The zero-order valence-corrected chi connectivity index (χ0v) is 24.1. The molecular weight excluding hydrogens is 492 g/mol. The first kappa shape index (κ1) is 30.2. The van der Waals surface area contributed by atoms with Crippen molar-refractivity contribution in [2.45, 2.75) is 83.6 Å². The average Bonchev–Trinajstić information content (AvgIpc) is 2.93. The normalized spacial score (nSPS) is 14.8. The Hall–Kier alpha value is -2.31. The van der Waals surface area contributed by atoms with Gasteiger partial charge in [-0.05, 0) is 91.9 Å². The van der Waals surface area contributed by atoms with Gasteiger partial charge in [0.25, 0.3) is 5.91 Å². The maximum absolute atomic E-state index is 13.2. The maximum Gasteiger partial charge on any atom is 0.326 e. The fraction of sp³-hybridized carbons (Fsp3) is 0.562. The number of carbonyl (C=O) groups excluding carboxylic acids is 1. The van der Waals surface area contributed by atoms with Crippen molar-refractivity contribution in [2.75, 3.05) is 25.1 Å². The Balaban J connectivity index is 1.56. The number of aryl methyl sites for hydroxylation is 2. The van der Waals surface area contributed by atoms with E-state index in [1.54, 1.807) is 11.8 Å². The summed E-state index contributed by atoms with van der Waals surface area (Å²) < 4.78 is 0. The van der Waals surface area contributed by atoms with Crippen LogP contribution in [-0.4, -0.2) is 48.1 Å². The Morgan fingerprint density at radius 2 is 1.76 bits per heavy atom. The molecule has 38 heavy (non-hydrogen) atoms. The van der Waals surface area contributed by atoms with E-state index in [2.05, 4.69) is 16.7 Å². The molecule has 0 heterocycles. The molecule has 6 heteroatoms. The fourth-order valence-electron chi connectivity index (χ4n) is 5.47. The van der Waals surface area contributed by atoms with E-state index < -0.39 is 12.0 Å². The summed E-state index contributed by atoms with van der Waals surface area (Å²) in [6.45, 7) is 4.11. The van der Waals surface area contributed by atoms with E-state index >= 15 is 0 Å². The minimum atomic E-state index is -0.997. The third-order valence-electron chi connectivity index (χ3n) is 7.74. The molecule has 208 valence electrons. The Morgan fingerprint density at radius 3 is 2.50 bits per heavy atom. The van der Waals surface area contributed by atoms with Crippen LogP contribution in [0.4, 0.5) is 0 Å². The van der Waals surface area contributed by atoms with Crippen LogP contribution in [0.25, 0.3) is 11.1 Å². The molecule has 1 fully saturated rings. The van der Waals surface area contributed by atoms with Crippen LogP contribution in [0.1, 0.15) is 85.7 Å². The second-order valence-electron chi connectivity index (χ2n) is 10.7. The zero-order valence-electron chi connectivity index (χ0n) is 23.3. The van der Waals surface area contributed by atoms with E-state index in [1.165, 1.54) is 56.9 Å². The second-order valence-corrected chi connectivity index (χ2v) is 11.7. The lowest BCUT2D eigenvalue weighted by Gasteiger charge is -2.21. The Kier molecular flexibility index (Phi) is 13.2. The summed E-state index contributed by atoms with van der Waals surface area (Å²) in [5.74, 6) is 0.317. The summed E-state index contributed by atoms with van der Waals surface area (Å²) in [7, 11) is 0. The van der Waals surface area contributed by atoms with Crippen molar-refractivity contribution >= 4 is 23.6 Å². The molecule has 1 saturated carbocycles. The smallest absolute Gasteiger partial charge is 0.326 e. The van der Waals surface area contributed by atoms with Crippen LogP contribution in [-0.2, 0) is 11.2 Å². The van der Waals surface area contributed by atoms with Crippen molar-refractivity contribution in [1.82, 2.24) is 10.6 Å². The number of amides is 1. The van der Waals surface area contributed by atoms with Crippen LogP contribution in [0.3, 0.4) is 0 Å². The topological polar surface area (TPSA) is 78.4 Å². The monoisotopic (exact) mass is 538 g/mol. The van der Waals surface area contributed by atoms with Crippen LogP contribution >= 0.6 is 11.8 Å². The highest BCUT2D eigenvalue weighted by Gasteiger charge is 2.22. The first-order valence-electron chi connectivity index (χ1n) is 14.4. The van der Waals surface area contributed by atoms with Crippen LogP contribution in [0.5, 0.6) is 0 Å². The molecule has 5 nitrogen and oxygen atoms in total. The Bertz CT molecular complexity index is 1020. The second kappa shape index (κ2) is 16.6. The van der Waals surface area contributed by atoms with Gasteiger partial charge in [0, 0.05) is 5.56 Å². The summed E-state index contributed by atoms with van der Waals surface area (Å²) in [6.07, 6.45) is 15.5. The largest absolute Gasteiger partial charge is 0.480 e. The average molecular weight is 539 g/mol. The number of thioether (sulfide) groups is 1. The van der Waals surface area contributed by atoms with E-state index in [0.717, 1.165) is 48.5 Å². The molecular formula is C32H46N2O3S. The molecule has 2 aromatic rings. The van der Waals surface area contributed by atoms with Crippen molar-refractivity contribution < 1.29 is 14.7 Å². The van der Waals surface area contributed by atoms with E-state index in [-0.39, 0.29) is 5.91 Å². The molecule has 0 aliphatic heterocycles.